The van der Waals surface area contributed by atoms with E-state index in [0.29, 0.717) is 5.69 Å². The molecule has 0 fully saturated rings. The average Bonchev–Trinajstić information content (AvgIpc) is 2.40. The van der Waals surface area contributed by atoms with Crippen LogP contribution in [0.4, 0.5) is 23.0 Å². The third-order valence-electron chi connectivity index (χ3n) is 2.54. The SMILES string of the molecule is CN(C)c1ncnc(Nc2ccccc2Br)c1[N+](=O)[O-]. The number of hydrogen-bond acceptors (Lipinski definition) is 6. The van der Waals surface area contributed by atoms with Gasteiger partial charge in [-0.25, -0.2) is 9.97 Å². The molecule has 20 heavy (non-hydrogen) atoms. The summed E-state index contributed by atoms with van der Waals surface area (Å²) in [6.45, 7) is 0. The van der Waals surface area contributed by atoms with Crippen LogP contribution in [-0.2, 0) is 0 Å². The van der Waals surface area contributed by atoms with Crippen LogP contribution in [0.25, 0.3) is 0 Å². The number of anilines is 3. The van der Waals surface area contributed by atoms with Crippen molar-refractivity contribution in [2.75, 3.05) is 24.3 Å². The molecule has 7 nitrogen and oxygen atoms in total. The van der Waals surface area contributed by atoms with Crippen molar-refractivity contribution >= 4 is 38.9 Å². The van der Waals surface area contributed by atoms with Crippen molar-refractivity contribution in [3.8, 4) is 0 Å². The largest absolute Gasteiger partial charge is 0.357 e. The zero-order valence-electron chi connectivity index (χ0n) is 10.9. The Morgan fingerprint density at radius 3 is 2.60 bits per heavy atom. The summed E-state index contributed by atoms with van der Waals surface area (Å²) >= 11 is 3.38. The number of rotatable bonds is 4. The average molecular weight is 338 g/mol. The van der Waals surface area contributed by atoms with Crippen molar-refractivity contribution < 1.29 is 4.92 Å². The van der Waals surface area contributed by atoms with Gasteiger partial charge in [-0.2, -0.15) is 0 Å². The maximum absolute atomic E-state index is 11.3. The first-order valence-corrected chi connectivity index (χ1v) is 6.48. The lowest BCUT2D eigenvalue weighted by molar-refractivity contribution is -0.383. The van der Waals surface area contributed by atoms with Gasteiger partial charge in [0.15, 0.2) is 0 Å². The molecule has 104 valence electrons. The van der Waals surface area contributed by atoms with Crippen molar-refractivity contribution in [1.82, 2.24) is 9.97 Å². The summed E-state index contributed by atoms with van der Waals surface area (Å²) < 4.78 is 0.791. The lowest BCUT2D eigenvalue weighted by Gasteiger charge is -2.13. The van der Waals surface area contributed by atoms with E-state index in [-0.39, 0.29) is 17.3 Å². The van der Waals surface area contributed by atoms with Crippen LogP contribution in [0.1, 0.15) is 0 Å². The smallest absolute Gasteiger partial charge is 0.353 e. The van der Waals surface area contributed by atoms with Crippen LogP contribution in [0.3, 0.4) is 0 Å². The minimum atomic E-state index is -0.492. The number of halogens is 1. The summed E-state index contributed by atoms with van der Waals surface area (Å²) in [5.41, 5.74) is 0.534. The van der Waals surface area contributed by atoms with Gasteiger partial charge < -0.3 is 10.2 Å². The van der Waals surface area contributed by atoms with Gasteiger partial charge >= 0.3 is 5.69 Å². The number of nitro groups is 1. The van der Waals surface area contributed by atoms with Crippen LogP contribution in [0.2, 0.25) is 0 Å². The topological polar surface area (TPSA) is 84.2 Å². The predicted octanol–water partition coefficient (Wildman–Crippen LogP) is 2.96. The molecule has 1 aromatic carbocycles. The van der Waals surface area contributed by atoms with Gasteiger partial charge in [-0.1, -0.05) is 12.1 Å². The Balaban J connectivity index is 2.49. The Bertz CT molecular complexity index is 647. The quantitative estimate of drug-likeness (QED) is 0.682. The lowest BCUT2D eigenvalue weighted by Crippen LogP contribution is -2.14. The fourth-order valence-electron chi connectivity index (χ4n) is 1.65. The normalized spacial score (nSPS) is 10.2. The van der Waals surface area contributed by atoms with Crippen LogP contribution < -0.4 is 10.2 Å². The van der Waals surface area contributed by atoms with Crippen molar-refractivity contribution in [3.63, 3.8) is 0 Å². The summed E-state index contributed by atoms with van der Waals surface area (Å²) in [6.07, 6.45) is 1.29. The van der Waals surface area contributed by atoms with Crippen LogP contribution in [0.5, 0.6) is 0 Å². The Labute approximate surface area is 123 Å². The molecular formula is C12H12BrN5O2. The fourth-order valence-corrected chi connectivity index (χ4v) is 2.03. The van der Waals surface area contributed by atoms with E-state index in [1.807, 2.05) is 18.2 Å². The first-order chi connectivity index (χ1) is 9.50. The molecule has 2 aromatic rings. The van der Waals surface area contributed by atoms with Gasteiger partial charge in [-0.3, -0.25) is 10.1 Å². The minimum absolute atomic E-state index is 0.153. The highest BCUT2D eigenvalue weighted by Crippen LogP contribution is 2.34. The zero-order valence-corrected chi connectivity index (χ0v) is 12.5. The fraction of sp³-hybridized carbons (Fsp3) is 0.167. The van der Waals surface area contributed by atoms with Crippen molar-refractivity contribution in [3.05, 3.63) is 45.2 Å². The Hall–Kier alpha value is -2.22. The molecule has 8 heteroatoms. The second-order valence-corrected chi connectivity index (χ2v) is 5.01. The van der Waals surface area contributed by atoms with Crippen LogP contribution in [-0.4, -0.2) is 29.0 Å². The number of hydrogen-bond donors (Lipinski definition) is 1. The van der Waals surface area contributed by atoms with E-state index in [4.69, 9.17) is 0 Å². The van der Waals surface area contributed by atoms with Crippen molar-refractivity contribution in [2.24, 2.45) is 0 Å². The molecule has 0 spiro atoms. The van der Waals surface area contributed by atoms with E-state index >= 15 is 0 Å². The van der Waals surface area contributed by atoms with E-state index < -0.39 is 4.92 Å². The molecule has 0 unspecified atom stereocenters. The highest BCUT2D eigenvalue weighted by Gasteiger charge is 2.24. The summed E-state index contributed by atoms with van der Waals surface area (Å²) in [4.78, 5) is 20.3. The highest BCUT2D eigenvalue weighted by atomic mass is 79.9. The maximum Gasteiger partial charge on any atom is 0.353 e. The Morgan fingerprint density at radius 1 is 1.30 bits per heavy atom. The number of nitrogens with zero attached hydrogens (tertiary/aromatic N) is 4. The first-order valence-electron chi connectivity index (χ1n) is 5.69. The third kappa shape index (κ3) is 2.85. The maximum atomic E-state index is 11.3. The summed E-state index contributed by atoms with van der Waals surface area (Å²) in [6, 6.07) is 7.31. The van der Waals surface area contributed by atoms with Gasteiger partial charge in [-0.15, -0.1) is 0 Å². The molecule has 0 saturated heterocycles. The van der Waals surface area contributed by atoms with E-state index in [9.17, 15) is 10.1 Å². The molecular weight excluding hydrogens is 326 g/mol. The van der Waals surface area contributed by atoms with Crippen LogP contribution >= 0.6 is 15.9 Å². The second kappa shape index (κ2) is 5.83. The monoisotopic (exact) mass is 337 g/mol. The molecule has 0 radical (unpaired) electrons. The Kier molecular flexibility index (Phi) is 4.14. The number of benzene rings is 1. The number of nitrogens with one attached hydrogen (secondary N) is 1. The molecule has 0 aliphatic heterocycles. The van der Waals surface area contributed by atoms with Gasteiger partial charge in [0.2, 0.25) is 11.6 Å². The number of aromatic nitrogens is 2. The number of para-hydroxylation sites is 1. The minimum Gasteiger partial charge on any atom is -0.357 e. The van der Waals surface area contributed by atoms with Gasteiger partial charge in [0.25, 0.3) is 0 Å². The predicted molar refractivity (Wildman–Crippen MR) is 80.4 cm³/mol. The Morgan fingerprint density at radius 2 is 2.00 bits per heavy atom. The summed E-state index contributed by atoms with van der Waals surface area (Å²) in [7, 11) is 3.38. The van der Waals surface area contributed by atoms with Gasteiger partial charge in [-0.05, 0) is 28.1 Å². The lowest BCUT2D eigenvalue weighted by atomic mass is 10.3. The van der Waals surface area contributed by atoms with Gasteiger partial charge in [0.1, 0.15) is 6.33 Å². The standard InChI is InChI=1S/C12H12BrN5O2/c1-17(2)12-10(18(19)20)11(14-7-15-12)16-9-6-4-3-5-8(9)13/h3-7H,1-2H3,(H,14,15,16). The molecule has 0 bridgehead atoms. The van der Waals surface area contributed by atoms with Gasteiger partial charge in [0.05, 0.1) is 10.6 Å². The second-order valence-electron chi connectivity index (χ2n) is 4.15. The highest BCUT2D eigenvalue weighted by molar-refractivity contribution is 9.10. The summed E-state index contributed by atoms with van der Waals surface area (Å²) in [5, 5.41) is 14.2. The van der Waals surface area contributed by atoms with Crippen molar-refractivity contribution in [1.29, 1.82) is 0 Å². The third-order valence-corrected chi connectivity index (χ3v) is 3.23. The van der Waals surface area contributed by atoms with Gasteiger partial charge in [0, 0.05) is 18.6 Å². The van der Waals surface area contributed by atoms with Crippen molar-refractivity contribution in [2.45, 2.75) is 0 Å². The van der Waals surface area contributed by atoms with E-state index in [2.05, 4.69) is 31.2 Å². The first kappa shape index (κ1) is 14.2. The van der Waals surface area contributed by atoms with E-state index in [1.165, 1.54) is 6.33 Å². The molecule has 1 N–H and O–H groups in total. The zero-order chi connectivity index (χ0) is 14.7. The molecule has 1 aromatic heterocycles. The molecule has 0 aliphatic rings. The van der Waals surface area contributed by atoms with E-state index in [1.54, 1.807) is 25.1 Å². The molecule has 2 rings (SSSR count). The molecule has 0 atom stereocenters. The molecule has 0 saturated carbocycles. The molecule has 0 amide bonds. The summed E-state index contributed by atoms with van der Waals surface area (Å²) in [5.74, 6) is 0.403. The molecule has 1 heterocycles. The van der Waals surface area contributed by atoms with Crippen LogP contribution in [0, 0.1) is 10.1 Å². The molecule has 0 aliphatic carbocycles. The van der Waals surface area contributed by atoms with E-state index in [0.717, 1.165) is 4.47 Å². The van der Waals surface area contributed by atoms with Crippen LogP contribution in [0.15, 0.2) is 35.1 Å².